The number of nitro benzene ring substituents is 1. The number of aryl methyl sites for hydroxylation is 1. The van der Waals surface area contributed by atoms with Crippen molar-refractivity contribution in [2.24, 2.45) is 11.5 Å². The number of nitro groups is 1. The van der Waals surface area contributed by atoms with E-state index in [9.17, 15) is 10.1 Å². The maximum atomic E-state index is 10.8. The first-order chi connectivity index (χ1) is 6.57. The van der Waals surface area contributed by atoms with Crippen LogP contribution in [0.15, 0.2) is 18.2 Å². The molecule has 0 saturated carbocycles. The van der Waals surface area contributed by atoms with Crippen molar-refractivity contribution in [2.75, 3.05) is 6.54 Å². The van der Waals surface area contributed by atoms with Crippen LogP contribution in [0.3, 0.4) is 0 Å². The van der Waals surface area contributed by atoms with Gasteiger partial charge in [-0.3, -0.25) is 10.1 Å². The number of benzene rings is 1. The van der Waals surface area contributed by atoms with E-state index in [4.69, 9.17) is 11.5 Å². The molecule has 1 aromatic carbocycles. The Hall–Kier alpha value is -1.46. The van der Waals surface area contributed by atoms with Crippen molar-refractivity contribution in [2.45, 2.75) is 13.0 Å². The monoisotopic (exact) mass is 195 g/mol. The van der Waals surface area contributed by atoms with E-state index in [2.05, 4.69) is 0 Å². The van der Waals surface area contributed by atoms with Crippen molar-refractivity contribution in [1.82, 2.24) is 0 Å². The Kier molecular flexibility index (Phi) is 3.16. The highest BCUT2D eigenvalue weighted by Crippen LogP contribution is 2.26. The van der Waals surface area contributed by atoms with Crippen molar-refractivity contribution in [3.05, 3.63) is 39.4 Å². The molecule has 14 heavy (non-hydrogen) atoms. The summed E-state index contributed by atoms with van der Waals surface area (Å²) in [6.45, 7) is 1.88. The summed E-state index contributed by atoms with van der Waals surface area (Å²) in [5.74, 6) is 0. The van der Waals surface area contributed by atoms with E-state index in [-0.39, 0.29) is 12.2 Å². The fraction of sp³-hybridized carbons (Fsp3) is 0.333. The predicted octanol–water partition coefficient (Wildman–Crippen LogP) is 0.862. The van der Waals surface area contributed by atoms with Crippen molar-refractivity contribution in [3.63, 3.8) is 0 Å². The standard InChI is InChI=1S/C9H13N3O2/c1-6-3-2-4-7(8(11)5-10)9(6)12(13)14/h2-4,8H,5,10-11H2,1H3. The molecule has 0 aromatic heterocycles. The highest BCUT2D eigenvalue weighted by Gasteiger charge is 2.20. The molecule has 0 radical (unpaired) electrons. The number of hydrogen-bond acceptors (Lipinski definition) is 4. The minimum absolute atomic E-state index is 0.0745. The quantitative estimate of drug-likeness (QED) is 0.552. The first-order valence-corrected chi connectivity index (χ1v) is 4.27. The smallest absolute Gasteiger partial charge is 0.277 e. The Morgan fingerprint density at radius 1 is 1.57 bits per heavy atom. The average molecular weight is 195 g/mol. The van der Waals surface area contributed by atoms with Gasteiger partial charge in [0, 0.05) is 23.7 Å². The van der Waals surface area contributed by atoms with Gasteiger partial charge in [-0.25, -0.2) is 0 Å². The lowest BCUT2D eigenvalue weighted by Crippen LogP contribution is -2.22. The molecular formula is C9H13N3O2. The maximum Gasteiger partial charge on any atom is 0.277 e. The van der Waals surface area contributed by atoms with Crippen molar-refractivity contribution < 1.29 is 4.92 Å². The summed E-state index contributed by atoms with van der Waals surface area (Å²) >= 11 is 0. The largest absolute Gasteiger partial charge is 0.329 e. The molecule has 0 heterocycles. The van der Waals surface area contributed by atoms with E-state index in [1.54, 1.807) is 25.1 Å². The number of hydrogen-bond donors (Lipinski definition) is 2. The summed E-state index contributed by atoms with van der Waals surface area (Å²) in [6.07, 6.45) is 0. The van der Waals surface area contributed by atoms with Gasteiger partial charge in [-0.1, -0.05) is 18.2 Å². The summed E-state index contributed by atoms with van der Waals surface area (Å²) in [6, 6.07) is 4.59. The topological polar surface area (TPSA) is 95.2 Å². The summed E-state index contributed by atoms with van der Waals surface area (Å²) in [5.41, 5.74) is 12.2. The van der Waals surface area contributed by atoms with Gasteiger partial charge in [-0.2, -0.15) is 0 Å². The zero-order valence-corrected chi connectivity index (χ0v) is 7.93. The first-order valence-electron chi connectivity index (χ1n) is 4.27. The van der Waals surface area contributed by atoms with Gasteiger partial charge in [0.2, 0.25) is 0 Å². The molecule has 76 valence electrons. The van der Waals surface area contributed by atoms with Gasteiger partial charge in [-0.15, -0.1) is 0 Å². The van der Waals surface area contributed by atoms with Crippen molar-refractivity contribution in [3.8, 4) is 0 Å². The molecule has 0 fully saturated rings. The van der Waals surface area contributed by atoms with Gasteiger partial charge in [0.1, 0.15) is 0 Å². The second kappa shape index (κ2) is 4.17. The number of para-hydroxylation sites is 1. The second-order valence-electron chi connectivity index (χ2n) is 3.11. The molecule has 0 saturated heterocycles. The summed E-state index contributed by atoms with van der Waals surface area (Å²) < 4.78 is 0. The van der Waals surface area contributed by atoms with E-state index in [0.29, 0.717) is 11.1 Å². The Labute approximate surface area is 81.9 Å². The molecule has 1 unspecified atom stereocenters. The molecule has 5 nitrogen and oxygen atoms in total. The van der Waals surface area contributed by atoms with Crippen molar-refractivity contribution in [1.29, 1.82) is 0 Å². The van der Waals surface area contributed by atoms with Crippen LogP contribution in [-0.4, -0.2) is 11.5 Å². The molecular weight excluding hydrogens is 182 g/mol. The third kappa shape index (κ3) is 1.89. The van der Waals surface area contributed by atoms with Gasteiger partial charge in [-0.05, 0) is 6.92 Å². The van der Waals surface area contributed by atoms with E-state index >= 15 is 0 Å². The molecule has 0 bridgehead atoms. The molecule has 0 amide bonds. The van der Waals surface area contributed by atoms with E-state index in [0.717, 1.165) is 0 Å². The van der Waals surface area contributed by atoms with E-state index < -0.39 is 11.0 Å². The first kappa shape index (κ1) is 10.6. The lowest BCUT2D eigenvalue weighted by Gasteiger charge is -2.10. The zero-order valence-electron chi connectivity index (χ0n) is 7.93. The molecule has 1 rings (SSSR count). The van der Waals surface area contributed by atoms with Crippen LogP contribution < -0.4 is 11.5 Å². The number of rotatable bonds is 3. The Bertz CT molecular complexity index is 352. The van der Waals surface area contributed by atoms with Gasteiger partial charge >= 0.3 is 0 Å². The second-order valence-corrected chi connectivity index (χ2v) is 3.11. The molecule has 0 spiro atoms. The van der Waals surface area contributed by atoms with Crippen LogP contribution in [0.2, 0.25) is 0 Å². The molecule has 4 N–H and O–H groups in total. The fourth-order valence-electron chi connectivity index (χ4n) is 1.36. The van der Waals surface area contributed by atoms with Crippen LogP contribution in [0, 0.1) is 17.0 Å². The molecule has 0 aliphatic carbocycles. The highest BCUT2D eigenvalue weighted by molar-refractivity contribution is 5.48. The molecule has 1 atom stereocenters. The summed E-state index contributed by atoms with van der Waals surface area (Å²) in [7, 11) is 0. The Balaban J connectivity index is 3.28. The zero-order chi connectivity index (χ0) is 10.7. The van der Waals surface area contributed by atoms with Crippen LogP contribution in [-0.2, 0) is 0 Å². The molecule has 5 heteroatoms. The fourth-order valence-corrected chi connectivity index (χ4v) is 1.36. The minimum atomic E-state index is -0.477. The minimum Gasteiger partial charge on any atom is -0.329 e. The highest BCUT2D eigenvalue weighted by atomic mass is 16.6. The Morgan fingerprint density at radius 3 is 2.71 bits per heavy atom. The van der Waals surface area contributed by atoms with Crippen molar-refractivity contribution >= 4 is 5.69 Å². The lowest BCUT2D eigenvalue weighted by atomic mass is 10.0. The van der Waals surface area contributed by atoms with E-state index in [1.807, 2.05) is 0 Å². The molecule has 0 aliphatic heterocycles. The number of nitrogens with zero attached hydrogens (tertiary/aromatic N) is 1. The molecule has 1 aromatic rings. The van der Waals surface area contributed by atoms with E-state index in [1.165, 1.54) is 0 Å². The molecule has 0 aliphatic rings. The summed E-state index contributed by atoms with van der Waals surface area (Å²) in [5, 5.41) is 10.8. The Morgan fingerprint density at radius 2 is 2.21 bits per heavy atom. The third-order valence-electron chi connectivity index (χ3n) is 2.10. The average Bonchev–Trinajstić information content (AvgIpc) is 2.15. The van der Waals surface area contributed by atoms with Crippen LogP contribution in [0.1, 0.15) is 17.2 Å². The van der Waals surface area contributed by atoms with Crippen LogP contribution >= 0.6 is 0 Å². The lowest BCUT2D eigenvalue weighted by molar-refractivity contribution is -0.386. The normalized spacial score (nSPS) is 12.5. The third-order valence-corrected chi connectivity index (χ3v) is 2.10. The van der Waals surface area contributed by atoms with Gasteiger partial charge in [0.15, 0.2) is 0 Å². The predicted molar refractivity (Wildman–Crippen MR) is 53.8 cm³/mol. The van der Waals surface area contributed by atoms with Crippen LogP contribution in [0.25, 0.3) is 0 Å². The SMILES string of the molecule is Cc1cccc(C(N)CN)c1[N+](=O)[O-]. The summed E-state index contributed by atoms with van der Waals surface area (Å²) in [4.78, 5) is 10.4. The van der Waals surface area contributed by atoms with Gasteiger partial charge < -0.3 is 11.5 Å². The maximum absolute atomic E-state index is 10.8. The number of nitrogens with two attached hydrogens (primary N) is 2. The van der Waals surface area contributed by atoms with Crippen LogP contribution in [0.4, 0.5) is 5.69 Å². The van der Waals surface area contributed by atoms with Gasteiger partial charge in [0.25, 0.3) is 5.69 Å². The van der Waals surface area contributed by atoms with Crippen LogP contribution in [0.5, 0.6) is 0 Å². The van der Waals surface area contributed by atoms with Gasteiger partial charge in [0.05, 0.1) is 4.92 Å².